The molecular weight excluding hydrogens is 229 g/mol. The molecule has 2 N–H and O–H groups in total. The van der Waals surface area contributed by atoms with Gasteiger partial charge in [0, 0.05) is 30.5 Å². The highest BCUT2D eigenvalue weighted by Crippen LogP contribution is 2.19. The van der Waals surface area contributed by atoms with Crippen LogP contribution in [0.15, 0.2) is 42.6 Å². The highest BCUT2D eigenvalue weighted by atomic mass is 19.1. The SMILES string of the molecule is CCN(Cc1cccnc1N)c1ccc(F)cc1. The number of anilines is 2. The molecule has 0 bridgehead atoms. The fraction of sp³-hybridized carbons (Fsp3) is 0.214. The van der Waals surface area contributed by atoms with Crippen molar-refractivity contribution < 1.29 is 4.39 Å². The largest absolute Gasteiger partial charge is 0.383 e. The molecule has 2 rings (SSSR count). The summed E-state index contributed by atoms with van der Waals surface area (Å²) in [7, 11) is 0. The second-order valence-electron chi connectivity index (χ2n) is 4.04. The van der Waals surface area contributed by atoms with Crippen LogP contribution in [-0.4, -0.2) is 11.5 Å². The van der Waals surface area contributed by atoms with Gasteiger partial charge < -0.3 is 10.6 Å². The Morgan fingerprint density at radius 3 is 2.56 bits per heavy atom. The predicted octanol–water partition coefficient (Wildman–Crippen LogP) is 2.83. The van der Waals surface area contributed by atoms with Crippen LogP contribution in [0, 0.1) is 5.82 Å². The van der Waals surface area contributed by atoms with Crippen LogP contribution in [-0.2, 0) is 6.54 Å². The van der Waals surface area contributed by atoms with E-state index in [9.17, 15) is 4.39 Å². The van der Waals surface area contributed by atoms with Crippen LogP contribution < -0.4 is 10.6 Å². The monoisotopic (exact) mass is 245 g/mol. The Kier molecular flexibility index (Phi) is 3.77. The molecule has 94 valence electrons. The van der Waals surface area contributed by atoms with Gasteiger partial charge in [0.1, 0.15) is 11.6 Å². The quantitative estimate of drug-likeness (QED) is 0.900. The third-order valence-electron chi connectivity index (χ3n) is 2.86. The smallest absolute Gasteiger partial charge is 0.128 e. The van der Waals surface area contributed by atoms with E-state index in [1.54, 1.807) is 18.3 Å². The zero-order valence-electron chi connectivity index (χ0n) is 10.3. The summed E-state index contributed by atoms with van der Waals surface area (Å²) in [6, 6.07) is 10.3. The summed E-state index contributed by atoms with van der Waals surface area (Å²) in [5.41, 5.74) is 7.78. The molecule has 0 aliphatic rings. The summed E-state index contributed by atoms with van der Waals surface area (Å²) in [5.74, 6) is 0.314. The van der Waals surface area contributed by atoms with Gasteiger partial charge in [-0.2, -0.15) is 0 Å². The number of halogens is 1. The van der Waals surface area contributed by atoms with E-state index in [1.807, 2.05) is 12.1 Å². The van der Waals surface area contributed by atoms with Crippen molar-refractivity contribution in [1.29, 1.82) is 0 Å². The molecule has 0 amide bonds. The number of aromatic nitrogens is 1. The van der Waals surface area contributed by atoms with E-state index < -0.39 is 0 Å². The molecule has 0 unspecified atom stereocenters. The molecule has 1 heterocycles. The minimum absolute atomic E-state index is 0.226. The van der Waals surface area contributed by atoms with Gasteiger partial charge in [0.05, 0.1) is 0 Å². The first-order valence-electron chi connectivity index (χ1n) is 5.90. The molecule has 0 spiro atoms. The maximum Gasteiger partial charge on any atom is 0.128 e. The van der Waals surface area contributed by atoms with E-state index in [1.165, 1.54) is 12.1 Å². The van der Waals surface area contributed by atoms with Crippen molar-refractivity contribution in [2.75, 3.05) is 17.2 Å². The lowest BCUT2D eigenvalue weighted by atomic mass is 10.2. The first kappa shape index (κ1) is 12.4. The molecule has 1 aromatic heterocycles. The Balaban J connectivity index is 2.20. The van der Waals surface area contributed by atoms with E-state index >= 15 is 0 Å². The maximum atomic E-state index is 12.9. The van der Waals surface area contributed by atoms with Crippen molar-refractivity contribution in [2.24, 2.45) is 0 Å². The van der Waals surface area contributed by atoms with Gasteiger partial charge in [-0.3, -0.25) is 0 Å². The summed E-state index contributed by atoms with van der Waals surface area (Å²) in [6.07, 6.45) is 1.67. The van der Waals surface area contributed by atoms with Crippen LogP contribution in [0.2, 0.25) is 0 Å². The Morgan fingerprint density at radius 1 is 1.22 bits per heavy atom. The van der Waals surface area contributed by atoms with Gasteiger partial charge in [-0.15, -0.1) is 0 Å². The lowest BCUT2D eigenvalue weighted by Gasteiger charge is -2.23. The number of nitrogens with two attached hydrogens (primary N) is 1. The molecule has 0 aliphatic heterocycles. The number of nitrogens with zero attached hydrogens (tertiary/aromatic N) is 2. The zero-order valence-corrected chi connectivity index (χ0v) is 10.3. The lowest BCUT2D eigenvalue weighted by molar-refractivity contribution is 0.627. The van der Waals surface area contributed by atoms with Gasteiger partial charge in [0.2, 0.25) is 0 Å². The molecule has 4 heteroatoms. The van der Waals surface area contributed by atoms with Crippen molar-refractivity contribution in [3.05, 3.63) is 54.0 Å². The molecule has 0 aliphatic carbocycles. The van der Waals surface area contributed by atoms with E-state index in [-0.39, 0.29) is 5.82 Å². The molecular formula is C14H16FN3. The Morgan fingerprint density at radius 2 is 1.94 bits per heavy atom. The summed E-state index contributed by atoms with van der Waals surface area (Å²) < 4.78 is 12.9. The molecule has 0 fully saturated rings. The van der Waals surface area contributed by atoms with Crippen LogP contribution in [0.3, 0.4) is 0 Å². The molecule has 0 atom stereocenters. The zero-order chi connectivity index (χ0) is 13.0. The number of hydrogen-bond acceptors (Lipinski definition) is 3. The average Bonchev–Trinajstić information content (AvgIpc) is 2.39. The van der Waals surface area contributed by atoms with Crippen molar-refractivity contribution >= 4 is 11.5 Å². The molecule has 0 radical (unpaired) electrons. The summed E-state index contributed by atoms with van der Waals surface area (Å²) >= 11 is 0. The van der Waals surface area contributed by atoms with Gasteiger partial charge in [-0.1, -0.05) is 6.07 Å². The topological polar surface area (TPSA) is 42.2 Å². The van der Waals surface area contributed by atoms with Crippen molar-refractivity contribution in [2.45, 2.75) is 13.5 Å². The minimum Gasteiger partial charge on any atom is -0.383 e. The molecule has 1 aromatic carbocycles. The fourth-order valence-electron chi connectivity index (χ4n) is 1.83. The summed E-state index contributed by atoms with van der Waals surface area (Å²) in [6.45, 7) is 3.54. The molecule has 18 heavy (non-hydrogen) atoms. The fourth-order valence-corrected chi connectivity index (χ4v) is 1.83. The molecule has 3 nitrogen and oxygen atoms in total. The van der Waals surface area contributed by atoms with Crippen LogP contribution >= 0.6 is 0 Å². The second-order valence-corrected chi connectivity index (χ2v) is 4.04. The Bertz CT molecular complexity index is 511. The Hall–Kier alpha value is -2.10. The van der Waals surface area contributed by atoms with Gasteiger partial charge in [-0.05, 0) is 37.3 Å². The van der Waals surface area contributed by atoms with Crippen LogP contribution in [0.4, 0.5) is 15.9 Å². The standard InChI is InChI=1S/C14H16FN3/c1-2-18(13-7-5-12(15)6-8-13)10-11-4-3-9-17-14(11)16/h3-9H,2,10H2,1H3,(H2,16,17). The van der Waals surface area contributed by atoms with Gasteiger partial charge in [0.25, 0.3) is 0 Å². The number of pyridine rings is 1. The number of benzene rings is 1. The van der Waals surface area contributed by atoms with E-state index in [4.69, 9.17) is 5.73 Å². The van der Waals surface area contributed by atoms with Crippen molar-refractivity contribution in [3.63, 3.8) is 0 Å². The second kappa shape index (κ2) is 5.49. The third kappa shape index (κ3) is 2.77. The first-order valence-corrected chi connectivity index (χ1v) is 5.90. The molecule has 2 aromatic rings. The van der Waals surface area contributed by atoms with Gasteiger partial charge in [0.15, 0.2) is 0 Å². The summed E-state index contributed by atoms with van der Waals surface area (Å²) in [4.78, 5) is 6.18. The first-order chi connectivity index (χ1) is 8.70. The minimum atomic E-state index is -0.226. The molecule has 0 saturated carbocycles. The average molecular weight is 245 g/mol. The van der Waals surface area contributed by atoms with E-state index in [0.717, 1.165) is 17.8 Å². The number of hydrogen-bond donors (Lipinski definition) is 1. The Labute approximate surface area is 106 Å². The summed E-state index contributed by atoms with van der Waals surface area (Å²) in [5, 5.41) is 0. The third-order valence-corrected chi connectivity index (χ3v) is 2.86. The maximum absolute atomic E-state index is 12.9. The molecule has 0 saturated heterocycles. The normalized spacial score (nSPS) is 10.3. The highest BCUT2D eigenvalue weighted by Gasteiger charge is 2.07. The van der Waals surface area contributed by atoms with Crippen LogP contribution in [0.1, 0.15) is 12.5 Å². The van der Waals surface area contributed by atoms with Crippen LogP contribution in [0.5, 0.6) is 0 Å². The lowest BCUT2D eigenvalue weighted by Crippen LogP contribution is -2.22. The van der Waals surface area contributed by atoms with Gasteiger partial charge >= 0.3 is 0 Å². The van der Waals surface area contributed by atoms with Gasteiger partial charge in [-0.25, -0.2) is 9.37 Å². The van der Waals surface area contributed by atoms with E-state index in [2.05, 4.69) is 16.8 Å². The van der Waals surface area contributed by atoms with Crippen molar-refractivity contribution in [1.82, 2.24) is 4.98 Å². The highest BCUT2D eigenvalue weighted by molar-refractivity contribution is 5.49. The van der Waals surface area contributed by atoms with Crippen LogP contribution in [0.25, 0.3) is 0 Å². The van der Waals surface area contributed by atoms with Crippen molar-refractivity contribution in [3.8, 4) is 0 Å². The number of nitrogen functional groups attached to an aromatic ring is 1. The predicted molar refractivity (Wildman–Crippen MR) is 71.8 cm³/mol. The van der Waals surface area contributed by atoms with E-state index in [0.29, 0.717) is 12.4 Å². The number of rotatable bonds is 4.